The van der Waals surface area contributed by atoms with Gasteiger partial charge in [-0.05, 0) is 48.6 Å². The predicted octanol–water partition coefficient (Wildman–Crippen LogP) is 2.62. The Kier molecular flexibility index (Phi) is 4.33. The summed E-state index contributed by atoms with van der Waals surface area (Å²) in [4.78, 5) is 22.2. The molecule has 0 spiro atoms. The van der Waals surface area contributed by atoms with Crippen LogP contribution in [0.4, 0.5) is 5.82 Å². The van der Waals surface area contributed by atoms with Crippen molar-refractivity contribution in [3.63, 3.8) is 0 Å². The number of carbonyl (C=O) groups excluding carboxylic acids is 1. The van der Waals surface area contributed by atoms with E-state index in [4.69, 9.17) is 11.6 Å². The Bertz CT molecular complexity index is 867. The summed E-state index contributed by atoms with van der Waals surface area (Å²) in [7, 11) is 0. The van der Waals surface area contributed by atoms with Gasteiger partial charge >= 0.3 is 0 Å². The first-order chi connectivity index (χ1) is 13.5. The lowest BCUT2D eigenvalue weighted by Gasteiger charge is -2.51. The Morgan fingerprint density at radius 2 is 1.96 bits per heavy atom. The first-order valence-electron chi connectivity index (χ1n) is 9.92. The molecule has 146 valence electrons. The van der Waals surface area contributed by atoms with E-state index >= 15 is 0 Å². The molecule has 3 heterocycles. The fourth-order valence-corrected chi connectivity index (χ4v) is 5.20. The van der Waals surface area contributed by atoms with Crippen molar-refractivity contribution in [3.05, 3.63) is 59.2 Å². The number of amides is 1. The summed E-state index contributed by atoms with van der Waals surface area (Å²) in [6, 6.07) is 13.7. The lowest BCUT2D eigenvalue weighted by molar-refractivity contribution is -0.143. The molecule has 28 heavy (non-hydrogen) atoms. The zero-order valence-corrected chi connectivity index (χ0v) is 16.4. The topological polar surface area (TPSA) is 56.7 Å². The number of rotatable bonds is 4. The second-order valence-corrected chi connectivity index (χ2v) is 9.00. The molecule has 0 radical (unpaired) electrons. The maximum Gasteiger partial charge on any atom is 0.232 e. The van der Waals surface area contributed by atoms with E-state index in [9.17, 15) is 9.90 Å². The zero-order valence-electron chi connectivity index (χ0n) is 15.7. The van der Waals surface area contributed by atoms with Gasteiger partial charge in [-0.1, -0.05) is 29.8 Å². The van der Waals surface area contributed by atoms with E-state index in [-0.39, 0.29) is 17.9 Å². The van der Waals surface area contributed by atoms with Crippen LogP contribution in [0.15, 0.2) is 48.7 Å². The van der Waals surface area contributed by atoms with E-state index < -0.39 is 5.41 Å². The maximum absolute atomic E-state index is 13.6. The second-order valence-electron chi connectivity index (χ2n) is 8.56. The average molecular weight is 398 g/mol. The molecule has 1 aromatic heterocycles. The highest BCUT2D eigenvalue weighted by Gasteiger charge is 2.55. The number of hydrogen-bond acceptors (Lipinski definition) is 4. The SMILES string of the molecule is O=C(N1C[C@@H]2C[C@@H](O)[C@@H]2C1)C1(Cc2ccc(Cl)cc2)CN(c2ccccn2)C1. The van der Waals surface area contributed by atoms with Crippen molar-refractivity contribution in [1.82, 2.24) is 9.88 Å². The van der Waals surface area contributed by atoms with Gasteiger partial charge in [0.25, 0.3) is 0 Å². The molecule has 1 saturated carbocycles. The highest BCUT2D eigenvalue weighted by Crippen LogP contribution is 2.44. The van der Waals surface area contributed by atoms with Crippen LogP contribution < -0.4 is 4.90 Å². The number of halogens is 1. The van der Waals surface area contributed by atoms with E-state index in [2.05, 4.69) is 9.88 Å². The third-order valence-corrected chi connectivity index (χ3v) is 6.94. The van der Waals surface area contributed by atoms with Crippen molar-refractivity contribution in [3.8, 4) is 0 Å². The maximum atomic E-state index is 13.6. The molecule has 0 bridgehead atoms. The second kappa shape index (κ2) is 6.75. The van der Waals surface area contributed by atoms with Gasteiger partial charge in [-0.15, -0.1) is 0 Å². The Morgan fingerprint density at radius 3 is 2.61 bits per heavy atom. The molecule has 5 nitrogen and oxygen atoms in total. The number of aliphatic hydroxyl groups is 1. The number of anilines is 1. The van der Waals surface area contributed by atoms with E-state index in [1.165, 1.54) is 0 Å². The molecular formula is C22H24ClN3O2. The summed E-state index contributed by atoms with van der Waals surface area (Å²) >= 11 is 6.04. The molecule has 2 aromatic rings. The van der Waals surface area contributed by atoms with E-state index in [1.807, 2.05) is 47.4 Å². The van der Waals surface area contributed by atoms with Gasteiger partial charge < -0.3 is 14.9 Å². The van der Waals surface area contributed by atoms with Gasteiger partial charge in [0.2, 0.25) is 5.91 Å². The van der Waals surface area contributed by atoms with Crippen LogP contribution in [-0.4, -0.2) is 53.2 Å². The molecule has 1 aromatic carbocycles. The fourth-order valence-electron chi connectivity index (χ4n) is 5.07. The summed E-state index contributed by atoms with van der Waals surface area (Å²) in [6.07, 6.45) is 3.08. The number of aliphatic hydroxyl groups excluding tert-OH is 1. The molecule has 1 N–H and O–H groups in total. The molecule has 3 atom stereocenters. The van der Waals surface area contributed by atoms with Crippen molar-refractivity contribution in [2.24, 2.45) is 17.3 Å². The summed E-state index contributed by atoms with van der Waals surface area (Å²) in [5.41, 5.74) is 0.681. The van der Waals surface area contributed by atoms with Crippen molar-refractivity contribution in [2.45, 2.75) is 18.9 Å². The first kappa shape index (κ1) is 18.0. The van der Waals surface area contributed by atoms with E-state index in [0.717, 1.165) is 24.3 Å². The summed E-state index contributed by atoms with van der Waals surface area (Å²) in [6.45, 7) is 2.81. The minimum Gasteiger partial charge on any atom is -0.393 e. The molecule has 3 aliphatic rings. The Hall–Kier alpha value is -2.11. The number of fused-ring (bicyclic) bond motifs is 1. The minimum atomic E-state index is -0.444. The lowest BCUT2D eigenvalue weighted by atomic mass is 9.73. The number of carbonyl (C=O) groups is 1. The Balaban J connectivity index is 1.37. The van der Waals surface area contributed by atoms with Gasteiger partial charge in [-0.25, -0.2) is 4.98 Å². The van der Waals surface area contributed by atoms with Crippen molar-refractivity contribution in [2.75, 3.05) is 31.1 Å². The van der Waals surface area contributed by atoms with Crippen LogP contribution in [0.3, 0.4) is 0 Å². The lowest BCUT2D eigenvalue weighted by Crippen LogP contribution is -2.65. The predicted molar refractivity (Wildman–Crippen MR) is 108 cm³/mol. The number of pyridine rings is 1. The highest BCUT2D eigenvalue weighted by molar-refractivity contribution is 6.30. The average Bonchev–Trinajstić information content (AvgIpc) is 3.03. The molecule has 1 aliphatic carbocycles. The van der Waals surface area contributed by atoms with E-state index in [1.54, 1.807) is 6.20 Å². The van der Waals surface area contributed by atoms with E-state index in [0.29, 0.717) is 37.0 Å². The molecule has 1 amide bonds. The van der Waals surface area contributed by atoms with Gasteiger partial charge in [0.05, 0.1) is 11.5 Å². The largest absolute Gasteiger partial charge is 0.393 e. The summed E-state index contributed by atoms with van der Waals surface area (Å²) in [5, 5.41) is 10.7. The van der Waals surface area contributed by atoms with Crippen molar-refractivity contribution < 1.29 is 9.90 Å². The molecule has 6 heteroatoms. The first-order valence-corrected chi connectivity index (χ1v) is 10.3. The smallest absolute Gasteiger partial charge is 0.232 e. The monoisotopic (exact) mass is 397 g/mol. The zero-order chi connectivity index (χ0) is 19.3. The molecule has 3 fully saturated rings. The molecule has 2 aliphatic heterocycles. The van der Waals surface area contributed by atoms with Crippen LogP contribution in [0.5, 0.6) is 0 Å². The minimum absolute atomic E-state index is 0.219. The van der Waals surface area contributed by atoms with Crippen molar-refractivity contribution >= 4 is 23.3 Å². The van der Waals surface area contributed by atoms with Gasteiger partial charge in [-0.3, -0.25) is 4.79 Å². The quantitative estimate of drug-likeness (QED) is 0.861. The Morgan fingerprint density at radius 1 is 1.18 bits per heavy atom. The van der Waals surface area contributed by atoms with Crippen LogP contribution in [0.2, 0.25) is 5.02 Å². The van der Waals surface area contributed by atoms with Gasteiger partial charge in [0, 0.05) is 43.3 Å². The van der Waals surface area contributed by atoms with Crippen LogP contribution in [0.25, 0.3) is 0 Å². The van der Waals surface area contributed by atoms with Crippen LogP contribution >= 0.6 is 11.6 Å². The summed E-state index contributed by atoms with van der Waals surface area (Å²) < 4.78 is 0. The number of benzene rings is 1. The van der Waals surface area contributed by atoms with Crippen molar-refractivity contribution in [1.29, 1.82) is 0 Å². The molecular weight excluding hydrogens is 374 g/mol. The highest BCUT2D eigenvalue weighted by atomic mass is 35.5. The third kappa shape index (κ3) is 2.97. The number of aromatic nitrogens is 1. The standard InChI is InChI=1S/C22H24ClN3O2/c23-17-6-4-15(5-7-17)10-22(13-26(14-22)20-3-1-2-8-24-20)21(28)25-11-16-9-19(27)18(16)12-25/h1-8,16,18-19,27H,9-14H2/t16-,18+,19+/m0/s1. The molecule has 0 unspecified atom stereocenters. The Labute approximate surface area is 169 Å². The fraction of sp³-hybridized carbons (Fsp3) is 0.455. The number of nitrogens with zero attached hydrogens (tertiary/aromatic N) is 3. The molecule has 2 saturated heterocycles. The van der Waals surface area contributed by atoms with Crippen LogP contribution in [0, 0.1) is 17.3 Å². The molecule has 5 rings (SSSR count). The normalized spacial score (nSPS) is 27.7. The summed E-state index contributed by atoms with van der Waals surface area (Å²) in [5.74, 6) is 1.87. The number of hydrogen-bond donors (Lipinski definition) is 1. The number of likely N-dealkylation sites (tertiary alicyclic amines) is 1. The van der Waals surface area contributed by atoms with Gasteiger partial charge in [-0.2, -0.15) is 0 Å². The van der Waals surface area contributed by atoms with Crippen LogP contribution in [0.1, 0.15) is 12.0 Å². The van der Waals surface area contributed by atoms with Gasteiger partial charge in [0.15, 0.2) is 0 Å². The third-order valence-electron chi connectivity index (χ3n) is 6.69. The van der Waals surface area contributed by atoms with Gasteiger partial charge in [0.1, 0.15) is 5.82 Å². The van der Waals surface area contributed by atoms with Crippen LogP contribution in [-0.2, 0) is 11.2 Å².